The Morgan fingerprint density at radius 2 is 2.54 bits per heavy atom. The number of nitrogens with two attached hydrogens (primary N) is 1. The lowest BCUT2D eigenvalue weighted by Gasteiger charge is -2.12. The minimum atomic E-state index is 0.245. The first-order valence-corrected chi connectivity index (χ1v) is 5.76. The number of rotatable bonds is 5. The van der Waals surface area contributed by atoms with Gasteiger partial charge in [0.1, 0.15) is 0 Å². The zero-order valence-corrected chi connectivity index (χ0v) is 9.70. The highest BCUT2D eigenvalue weighted by atomic mass is 79.9. The van der Waals surface area contributed by atoms with Gasteiger partial charge in [-0.25, -0.2) is 0 Å². The minimum Gasteiger partial charge on any atom is -0.271 e. The van der Waals surface area contributed by atoms with Gasteiger partial charge in [-0.2, -0.15) is 0 Å². The largest absolute Gasteiger partial charge is 0.271 e. The summed E-state index contributed by atoms with van der Waals surface area (Å²) < 4.78 is 1.12. The van der Waals surface area contributed by atoms with Gasteiger partial charge in [-0.3, -0.25) is 11.3 Å². The molecule has 0 aromatic carbocycles. The second-order valence-electron chi connectivity index (χ2n) is 2.75. The maximum absolute atomic E-state index is 5.46. The molecule has 0 spiro atoms. The lowest BCUT2D eigenvalue weighted by molar-refractivity contribution is 0.529. The maximum Gasteiger partial charge on any atom is 0.0556 e. The first-order chi connectivity index (χ1) is 6.27. The average Bonchev–Trinajstić information content (AvgIpc) is 2.54. The van der Waals surface area contributed by atoms with Crippen LogP contribution < -0.4 is 11.3 Å². The Kier molecular flexibility index (Phi) is 4.66. The van der Waals surface area contributed by atoms with E-state index in [2.05, 4.69) is 39.4 Å². The van der Waals surface area contributed by atoms with Crippen LogP contribution in [0, 0.1) is 0 Å². The van der Waals surface area contributed by atoms with E-state index in [0.717, 1.165) is 17.3 Å². The average molecular weight is 261 g/mol. The summed E-state index contributed by atoms with van der Waals surface area (Å²) in [5.74, 6) is 5.46. The molecule has 1 aromatic rings. The van der Waals surface area contributed by atoms with E-state index in [9.17, 15) is 0 Å². The van der Waals surface area contributed by atoms with Gasteiger partial charge in [0.15, 0.2) is 0 Å². The minimum absolute atomic E-state index is 0.245. The topological polar surface area (TPSA) is 38.0 Å². The summed E-state index contributed by atoms with van der Waals surface area (Å²) >= 11 is 5.13. The van der Waals surface area contributed by atoms with Crippen molar-refractivity contribution >= 4 is 27.3 Å². The van der Waals surface area contributed by atoms with Gasteiger partial charge < -0.3 is 0 Å². The van der Waals surface area contributed by atoms with Crippen molar-refractivity contribution in [2.75, 3.05) is 0 Å². The molecule has 72 valence electrons. The predicted molar refractivity (Wildman–Crippen MR) is 61.5 cm³/mol. The molecule has 0 aliphatic heterocycles. The van der Waals surface area contributed by atoms with Crippen LogP contribution >= 0.6 is 27.3 Å². The van der Waals surface area contributed by atoms with E-state index in [4.69, 9.17) is 5.84 Å². The van der Waals surface area contributed by atoms with Crippen molar-refractivity contribution in [3.05, 3.63) is 33.5 Å². The van der Waals surface area contributed by atoms with Gasteiger partial charge in [0.25, 0.3) is 0 Å². The van der Waals surface area contributed by atoms with Gasteiger partial charge in [0.2, 0.25) is 0 Å². The molecule has 0 radical (unpaired) electrons. The molecule has 2 nitrogen and oxygen atoms in total. The molecular formula is C9H13BrN2S. The van der Waals surface area contributed by atoms with E-state index in [1.165, 1.54) is 4.88 Å². The molecule has 1 heterocycles. The third-order valence-corrected chi connectivity index (χ3v) is 3.60. The van der Waals surface area contributed by atoms with Crippen molar-refractivity contribution in [1.82, 2.24) is 5.43 Å². The van der Waals surface area contributed by atoms with Gasteiger partial charge in [-0.05, 0) is 34.8 Å². The monoisotopic (exact) mass is 260 g/mol. The zero-order chi connectivity index (χ0) is 9.68. The molecule has 0 amide bonds. The summed E-state index contributed by atoms with van der Waals surface area (Å²) in [5.41, 5.74) is 2.81. The van der Waals surface area contributed by atoms with E-state index in [1.54, 1.807) is 11.3 Å². The van der Waals surface area contributed by atoms with Crippen LogP contribution in [0.2, 0.25) is 0 Å². The number of halogens is 1. The maximum atomic E-state index is 5.46. The summed E-state index contributed by atoms with van der Waals surface area (Å²) in [7, 11) is 0. The fourth-order valence-electron chi connectivity index (χ4n) is 1.10. The van der Waals surface area contributed by atoms with Crippen LogP contribution in [0.25, 0.3) is 0 Å². The molecule has 13 heavy (non-hydrogen) atoms. The highest BCUT2D eigenvalue weighted by molar-refractivity contribution is 9.10. The van der Waals surface area contributed by atoms with Crippen molar-refractivity contribution in [3.8, 4) is 0 Å². The normalized spacial score (nSPS) is 12.8. The molecule has 0 saturated heterocycles. The molecule has 1 aromatic heterocycles. The first-order valence-electron chi connectivity index (χ1n) is 4.09. The number of hydrazine groups is 1. The molecule has 1 unspecified atom stereocenters. The molecule has 0 fully saturated rings. The third kappa shape index (κ3) is 3.23. The SMILES string of the molecule is C=CCCC(NN)c1cc(Br)cs1. The quantitative estimate of drug-likeness (QED) is 0.486. The highest BCUT2D eigenvalue weighted by Crippen LogP contribution is 2.27. The molecule has 1 rings (SSSR count). The van der Waals surface area contributed by atoms with Gasteiger partial charge in [-0.15, -0.1) is 17.9 Å². The Morgan fingerprint density at radius 3 is 3.00 bits per heavy atom. The Labute approximate surface area is 90.9 Å². The van der Waals surface area contributed by atoms with Crippen molar-refractivity contribution in [1.29, 1.82) is 0 Å². The summed E-state index contributed by atoms with van der Waals surface area (Å²) in [6.07, 6.45) is 3.88. The lowest BCUT2D eigenvalue weighted by Crippen LogP contribution is -2.27. The number of nitrogens with one attached hydrogen (secondary N) is 1. The van der Waals surface area contributed by atoms with Crippen molar-refractivity contribution in [2.45, 2.75) is 18.9 Å². The predicted octanol–water partition coefficient (Wildman–Crippen LogP) is 2.98. The Hall–Kier alpha value is -0.160. The zero-order valence-electron chi connectivity index (χ0n) is 7.29. The number of hydrogen-bond donors (Lipinski definition) is 2. The summed E-state index contributed by atoms with van der Waals surface area (Å²) in [6, 6.07) is 2.34. The van der Waals surface area contributed by atoms with Crippen LogP contribution in [0.3, 0.4) is 0 Å². The highest BCUT2D eigenvalue weighted by Gasteiger charge is 2.10. The molecule has 0 saturated carbocycles. The van der Waals surface area contributed by atoms with E-state index in [0.29, 0.717) is 0 Å². The van der Waals surface area contributed by atoms with Gasteiger partial charge in [0.05, 0.1) is 6.04 Å². The molecule has 1 atom stereocenters. The summed E-state index contributed by atoms with van der Waals surface area (Å²) in [5, 5.41) is 2.06. The Bertz CT molecular complexity index is 272. The molecule has 0 aliphatic carbocycles. The third-order valence-electron chi connectivity index (χ3n) is 1.79. The number of allylic oxidation sites excluding steroid dienone is 1. The van der Waals surface area contributed by atoms with E-state index in [1.807, 2.05) is 6.08 Å². The smallest absolute Gasteiger partial charge is 0.0556 e. The second-order valence-corrected chi connectivity index (χ2v) is 4.61. The molecule has 0 bridgehead atoms. The van der Waals surface area contributed by atoms with E-state index in [-0.39, 0.29) is 6.04 Å². The molecule has 3 N–H and O–H groups in total. The fourth-order valence-corrected chi connectivity index (χ4v) is 2.64. The second kappa shape index (κ2) is 5.54. The van der Waals surface area contributed by atoms with Crippen molar-refractivity contribution in [3.63, 3.8) is 0 Å². The van der Waals surface area contributed by atoms with Gasteiger partial charge in [-0.1, -0.05) is 6.08 Å². The Balaban J connectivity index is 2.60. The van der Waals surface area contributed by atoms with Crippen LogP contribution in [0.15, 0.2) is 28.6 Å². The van der Waals surface area contributed by atoms with Gasteiger partial charge in [0, 0.05) is 14.7 Å². The van der Waals surface area contributed by atoms with Crippen LogP contribution in [-0.2, 0) is 0 Å². The van der Waals surface area contributed by atoms with E-state index < -0.39 is 0 Å². The van der Waals surface area contributed by atoms with Gasteiger partial charge >= 0.3 is 0 Å². The first kappa shape index (κ1) is 10.9. The standard InChI is InChI=1S/C9H13BrN2S/c1-2-3-4-8(12-11)9-5-7(10)6-13-9/h2,5-6,8,12H,1,3-4,11H2. The van der Waals surface area contributed by atoms with E-state index >= 15 is 0 Å². The molecule has 4 heteroatoms. The molecule has 0 aliphatic rings. The van der Waals surface area contributed by atoms with Crippen LogP contribution in [0.1, 0.15) is 23.8 Å². The van der Waals surface area contributed by atoms with Crippen LogP contribution in [0.5, 0.6) is 0 Å². The van der Waals surface area contributed by atoms with Crippen molar-refractivity contribution in [2.24, 2.45) is 5.84 Å². The Morgan fingerprint density at radius 1 is 1.77 bits per heavy atom. The number of thiophene rings is 1. The van der Waals surface area contributed by atoms with Crippen LogP contribution in [0.4, 0.5) is 0 Å². The summed E-state index contributed by atoms with van der Waals surface area (Å²) in [4.78, 5) is 1.26. The molecular weight excluding hydrogens is 248 g/mol. The summed E-state index contributed by atoms with van der Waals surface area (Å²) in [6.45, 7) is 3.69. The van der Waals surface area contributed by atoms with Crippen LogP contribution in [-0.4, -0.2) is 0 Å². The van der Waals surface area contributed by atoms with Crippen molar-refractivity contribution < 1.29 is 0 Å². The lowest BCUT2D eigenvalue weighted by atomic mass is 10.1. The number of hydrogen-bond acceptors (Lipinski definition) is 3. The fraction of sp³-hybridized carbons (Fsp3) is 0.333.